The molecule has 3 rings (SSSR count). The Morgan fingerprint density at radius 3 is 2.88 bits per heavy atom. The van der Waals surface area contributed by atoms with Crippen molar-refractivity contribution in [1.29, 1.82) is 0 Å². The summed E-state index contributed by atoms with van der Waals surface area (Å²) in [7, 11) is 0. The Kier molecular flexibility index (Phi) is 5.85. The van der Waals surface area contributed by atoms with Crippen molar-refractivity contribution in [3.63, 3.8) is 0 Å². The van der Waals surface area contributed by atoms with Crippen molar-refractivity contribution in [2.75, 3.05) is 5.32 Å². The van der Waals surface area contributed by atoms with Crippen LogP contribution in [-0.2, 0) is 11.3 Å². The maximum absolute atomic E-state index is 12.1. The van der Waals surface area contributed by atoms with Gasteiger partial charge in [0.05, 0.1) is 4.88 Å². The quantitative estimate of drug-likeness (QED) is 0.683. The van der Waals surface area contributed by atoms with Gasteiger partial charge in [-0.1, -0.05) is 23.7 Å². The van der Waals surface area contributed by atoms with Gasteiger partial charge in [0.15, 0.2) is 0 Å². The van der Waals surface area contributed by atoms with Crippen LogP contribution < -0.4 is 10.9 Å². The number of benzene rings is 1. The molecule has 1 aromatic carbocycles. The van der Waals surface area contributed by atoms with Crippen molar-refractivity contribution in [3.8, 4) is 10.6 Å². The molecule has 0 aliphatic heterocycles. The van der Waals surface area contributed by atoms with E-state index in [1.807, 2.05) is 30.5 Å². The van der Waals surface area contributed by atoms with Gasteiger partial charge in [0, 0.05) is 29.7 Å². The zero-order valence-corrected chi connectivity index (χ0v) is 15.8. The fraction of sp³-hybridized carbons (Fsp3) is 0.211. The highest BCUT2D eigenvalue weighted by molar-refractivity contribution is 7.13. The number of carbonyl (C=O) groups is 1. The molecule has 1 N–H and O–H groups in total. The van der Waals surface area contributed by atoms with Crippen molar-refractivity contribution in [2.45, 2.75) is 26.3 Å². The molecule has 0 aliphatic rings. The van der Waals surface area contributed by atoms with E-state index in [2.05, 4.69) is 10.4 Å². The van der Waals surface area contributed by atoms with Crippen molar-refractivity contribution < 1.29 is 4.79 Å². The number of anilines is 1. The standard InChI is InChI=1S/C19H18ClN3O2S/c1-13-6-7-14(20)12-16(13)21-18(24)5-2-10-23-19(25)9-8-15(22-23)17-4-3-11-26-17/h3-4,6-9,11-12H,2,5,10H2,1H3,(H,21,24). The fourth-order valence-electron chi connectivity index (χ4n) is 2.50. The average Bonchev–Trinajstić information content (AvgIpc) is 3.14. The first kappa shape index (κ1) is 18.4. The van der Waals surface area contributed by atoms with Gasteiger partial charge in [0.25, 0.3) is 5.56 Å². The number of hydrogen-bond acceptors (Lipinski definition) is 4. The van der Waals surface area contributed by atoms with Gasteiger partial charge in [-0.05, 0) is 48.6 Å². The predicted octanol–water partition coefficient (Wildman–Crippen LogP) is 4.35. The number of aromatic nitrogens is 2. The number of thiophene rings is 1. The Labute approximate surface area is 160 Å². The number of hydrogen-bond donors (Lipinski definition) is 1. The summed E-state index contributed by atoms with van der Waals surface area (Å²) in [5, 5.41) is 9.79. The maximum atomic E-state index is 12.1. The number of carbonyl (C=O) groups excluding carboxylic acids is 1. The topological polar surface area (TPSA) is 64.0 Å². The Hall–Kier alpha value is -2.44. The summed E-state index contributed by atoms with van der Waals surface area (Å²) in [6, 6.07) is 12.5. The van der Waals surface area contributed by atoms with Gasteiger partial charge in [-0.3, -0.25) is 9.59 Å². The SMILES string of the molecule is Cc1ccc(Cl)cc1NC(=O)CCCn1nc(-c2cccs2)ccc1=O. The van der Waals surface area contributed by atoms with Crippen LogP contribution in [0.5, 0.6) is 0 Å². The molecule has 5 nitrogen and oxygen atoms in total. The average molecular weight is 388 g/mol. The first-order valence-corrected chi connectivity index (χ1v) is 9.47. The molecule has 0 saturated carbocycles. The summed E-state index contributed by atoms with van der Waals surface area (Å²) in [5.74, 6) is -0.113. The second-order valence-electron chi connectivity index (χ2n) is 5.87. The molecule has 2 heterocycles. The molecule has 3 aromatic rings. The molecule has 2 aromatic heterocycles. The van der Waals surface area contributed by atoms with Crippen LogP contribution in [0.15, 0.2) is 52.6 Å². The highest BCUT2D eigenvalue weighted by atomic mass is 35.5. The largest absolute Gasteiger partial charge is 0.326 e. The second kappa shape index (κ2) is 8.29. The summed E-state index contributed by atoms with van der Waals surface area (Å²) < 4.78 is 1.41. The lowest BCUT2D eigenvalue weighted by Crippen LogP contribution is -2.23. The van der Waals surface area contributed by atoms with Crippen LogP contribution in [0, 0.1) is 6.92 Å². The van der Waals surface area contributed by atoms with Gasteiger partial charge in [0.2, 0.25) is 5.91 Å². The van der Waals surface area contributed by atoms with E-state index in [1.54, 1.807) is 29.5 Å². The number of amides is 1. The van der Waals surface area contributed by atoms with E-state index < -0.39 is 0 Å². The fourth-order valence-corrected chi connectivity index (χ4v) is 3.36. The van der Waals surface area contributed by atoms with Crippen LogP contribution in [0.4, 0.5) is 5.69 Å². The normalized spacial score (nSPS) is 10.7. The highest BCUT2D eigenvalue weighted by Crippen LogP contribution is 2.22. The lowest BCUT2D eigenvalue weighted by atomic mass is 10.2. The number of rotatable bonds is 6. The molecule has 0 spiro atoms. The molecule has 0 aliphatic carbocycles. The number of aryl methyl sites for hydroxylation is 2. The minimum Gasteiger partial charge on any atom is -0.326 e. The van der Waals surface area contributed by atoms with Gasteiger partial charge in [0.1, 0.15) is 5.69 Å². The van der Waals surface area contributed by atoms with Crippen LogP contribution in [0.3, 0.4) is 0 Å². The van der Waals surface area contributed by atoms with Gasteiger partial charge < -0.3 is 5.32 Å². The molecule has 0 radical (unpaired) electrons. The first-order valence-electron chi connectivity index (χ1n) is 8.21. The van der Waals surface area contributed by atoms with Crippen molar-refractivity contribution in [2.24, 2.45) is 0 Å². The Morgan fingerprint density at radius 1 is 1.27 bits per heavy atom. The zero-order chi connectivity index (χ0) is 18.5. The van der Waals surface area contributed by atoms with E-state index in [0.29, 0.717) is 30.1 Å². The minimum atomic E-state index is -0.170. The van der Waals surface area contributed by atoms with E-state index in [0.717, 1.165) is 16.1 Å². The number of halogens is 1. The molecule has 0 unspecified atom stereocenters. The second-order valence-corrected chi connectivity index (χ2v) is 7.25. The van der Waals surface area contributed by atoms with Gasteiger partial charge in [-0.2, -0.15) is 5.10 Å². The number of nitrogens with zero attached hydrogens (tertiary/aromatic N) is 2. The molecule has 134 valence electrons. The molecule has 0 atom stereocenters. The molecule has 0 bridgehead atoms. The molecular formula is C19H18ClN3O2S. The molecule has 26 heavy (non-hydrogen) atoms. The van der Waals surface area contributed by atoms with Crippen molar-refractivity contribution in [3.05, 3.63) is 68.8 Å². The Bertz CT molecular complexity index is 967. The van der Waals surface area contributed by atoms with Crippen LogP contribution in [0.2, 0.25) is 5.02 Å². The zero-order valence-electron chi connectivity index (χ0n) is 14.2. The third-order valence-electron chi connectivity index (χ3n) is 3.89. The minimum absolute atomic E-state index is 0.113. The maximum Gasteiger partial charge on any atom is 0.266 e. The molecule has 1 amide bonds. The van der Waals surface area contributed by atoms with Crippen LogP contribution in [-0.4, -0.2) is 15.7 Å². The first-order chi connectivity index (χ1) is 12.5. The van der Waals surface area contributed by atoms with Gasteiger partial charge in [-0.15, -0.1) is 11.3 Å². The third kappa shape index (κ3) is 4.59. The van der Waals surface area contributed by atoms with Crippen LogP contribution >= 0.6 is 22.9 Å². The number of nitrogens with one attached hydrogen (secondary N) is 1. The van der Waals surface area contributed by atoms with Crippen LogP contribution in [0.1, 0.15) is 18.4 Å². The lowest BCUT2D eigenvalue weighted by molar-refractivity contribution is -0.116. The van der Waals surface area contributed by atoms with Crippen molar-refractivity contribution >= 4 is 34.5 Å². The van der Waals surface area contributed by atoms with E-state index in [9.17, 15) is 9.59 Å². The molecule has 0 saturated heterocycles. The summed E-state index contributed by atoms with van der Waals surface area (Å²) in [6.07, 6.45) is 0.815. The lowest BCUT2D eigenvalue weighted by Gasteiger charge is -2.09. The smallest absolute Gasteiger partial charge is 0.266 e. The van der Waals surface area contributed by atoms with E-state index in [-0.39, 0.29) is 11.5 Å². The molecular weight excluding hydrogens is 370 g/mol. The summed E-state index contributed by atoms with van der Waals surface area (Å²) in [6.45, 7) is 2.30. The highest BCUT2D eigenvalue weighted by Gasteiger charge is 2.08. The van der Waals surface area contributed by atoms with E-state index in [1.165, 1.54) is 10.7 Å². The summed E-state index contributed by atoms with van der Waals surface area (Å²) >= 11 is 7.53. The molecule has 0 fully saturated rings. The van der Waals surface area contributed by atoms with E-state index >= 15 is 0 Å². The predicted molar refractivity (Wildman–Crippen MR) is 106 cm³/mol. The van der Waals surface area contributed by atoms with Crippen LogP contribution in [0.25, 0.3) is 10.6 Å². The van der Waals surface area contributed by atoms with Crippen molar-refractivity contribution in [1.82, 2.24) is 9.78 Å². The third-order valence-corrected chi connectivity index (χ3v) is 5.02. The molecule has 7 heteroatoms. The Morgan fingerprint density at radius 2 is 2.12 bits per heavy atom. The summed E-state index contributed by atoms with van der Waals surface area (Å²) in [5.41, 5.74) is 2.25. The van der Waals surface area contributed by atoms with Gasteiger partial charge >= 0.3 is 0 Å². The monoisotopic (exact) mass is 387 g/mol. The summed E-state index contributed by atoms with van der Waals surface area (Å²) in [4.78, 5) is 25.1. The van der Waals surface area contributed by atoms with Gasteiger partial charge in [-0.25, -0.2) is 4.68 Å². The Balaban J connectivity index is 1.59. The van der Waals surface area contributed by atoms with E-state index in [4.69, 9.17) is 11.6 Å².